The minimum absolute atomic E-state index is 0.0778. The number of aliphatic carboxylic acids is 1. The normalized spacial score (nSPS) is 20.1. The zero-order chi connectivity index (χ0) is 58.9. The van der Waals surface area contributed by atoms with Crippen LogP contribution in [0.4, 0.5) is 21.9 Å². The van der Waals surface area contributed by atoms with Crippen molar-refractivity contribution in [3.05, 3.63) is 108 Å². The van der Waals surface area contributed by atoms with Gasteiger partial charge in [0.15, 0.2) is 6.10 Å². The number of carbonyl (C=O) groups is 9. The van der Waals surface area contributed by atoms with Crippen LogP contribution < -0.4 is 47.3 Å². The van der Waals surface area contributed by atoms with Crippen molar-refractivity contribution in [2.24, 2.45) is 11.7 Å². The Kier molecular flexibility index (Phi) is 19.2. The van der Waals surface area contributed by atoms with Gasteiger partial charge in [-0.05, 0) is 84.7 Å². The molecule has 0 radical (unpaired) electrons. The molecule has 3 aliphatic heterocycles. The lowest BCUT2D eigenvalue weighted by Gasteiger charge is -2.38. The highest BCUT2D eigenvalue weighted by Gasteiger charge is 2.48. The third-order valence-corrected chi connectivity index (χ3v) is 14.6. The van der Waals surface area contributed by atoms with Gasteiger partial charge in [-0.1, -0.05) is 38.1 Å². The van der Waals surface area contributed by atoms with Gasteiger partial charge in [0, 0.05) is 102 Å². The Morgan fingerprint density at radius 3 is 2.21 bits per heavy atom. The molecule has 4 aromatic carbocycles. The molecule has 0 spiro atoms. The first-order valence-corrected chi connectivity index (χ1v) is 27.0. The van der Waals surface area contributed by atoms with Gasteiger partial charge in [0.05, 0.1) is 11.7 Å². The summed E-state index contributed by atoms with van der Waals surface area (Å²) >= 11 is 6.52. The molecule has 1 aromatic heterocycles. The number of primary amides is 1. The number of aromatic nitrogens is 1. The summed E-state index contributed by atoms with van der Waals surface area (Å²) in [5, 5.41) is 59.7. The summed E-state index contributed by atoms with van der Waals surface area (Å²) in [7, 11) is 0. The number of aromatic amines is 1. The van der Waals surface area contributed by atoms with Gasteiger partial charge in [-0.25, -0.2) is 9.59 Å². The minimum Gasteiger partial charge on any atom is -0.479 e. The topological polar surface area (TPSA) is 373 Å². The number of carboxylic acid groups (broad SMARTS) is 1. The fraction of sp³-hybridized carbons (Fsp3) is 0.375. The molecule has 0 aliphatic carbocycles. The number of fused-ring (bicyclic) bond motifs is 4. The number of rotatable bonds is 24. The lowest BCUT2D eigenvalue weighted by Crippen LogP contribution is -2.61. The first-order chi connectivity index (χ1) is 39.2. The second kappa shape index (κ2) is 26.4. The third-order valence-electron chi connectivity index (χ3n) is 14.2. The fourth-order valence-corrected chi connectivity index (χ4v) is 10.2. The number of imide groups is 1. The molecule has 5 aromatic rings. The van der Waals surface area contributed by atoms with Crippen molar-refractivity contribution in [2.75, 3.05) is 54.1 Å². The first kappa shape index (κ1) is 59.7. The van der Waals surface area contributed by atoms with Crippen LogP contribution >= 0.6 is 11.6 Å². The lowest BCUT2D eigenvalue weighted by molar-refractivity contribution is -0.270. The summed E-state index contributed by atoms with van der Waals surface area (Å²) in [6, 6.07) is 18.7. The summed E-state index contributed by atoms with van der Waals surface area (Å²) in [5.41, 5.74) is 8.11. The van der Waals surface area contributed by atoms with Crippen LogP contribution in [0, 0.1) is 5.92 Å². The van der Waals surface area contributed by atoms with Crippen LogP contribution in [0.25, 0.3) is 21.7 Å². The molecule has 3 unspecified atom stereocenters. The summed E-state index contributed by atoms with van der Waals surface area (Å²) in [6.07, 6.45) is -6.19. The molecule has 1 fully saturated rings. The van der Waals surface area contributed by atoms with Gasteiger partial charge >= 0.3 is 12.0 Å². The monoisotopic (exact) mass is 1150 g/mol. The van der Waals surface area contributed by atoms with Crippen LogP contribution in [-0.4, -0.2) is 165 Å². The predicted molar refractivity (Wildman–Crippen MR) is 299 cm³/mol. The van der Waals surface area contributed by atoms with Gasteiger partial charge in [0.2, 0.25) is 24.0 Å². The Morgan fingerprint density at radius 1 is 0.817 bits per heavy atom. The Hall–Kier alpha value is -8.46. The molecule has 9 amide bonds. The molecule has 13 N–H and O–H groups in total. The smallest absolute Gasteiger partial charge is 0.335 e. The number of hydrogen-bond donors (Lipinski definition) is 12. The third kappa shape index (κ3) is 13.8. The quantitative estimate of drug-likeness (QED) is 0.0239. The molecular weight excluding hydrogens is 1090 g/mol. The number of hydrogen-bond acceptors (Lipinski definition) is 15. The average molecular weight is 1150 g/mol. The number of urea groups is 1. The molecule has 8 rings (SSSR count). The number of aliphatic hydroxyl groups excluding tert-OH is 3. The Morgan fingerprint density at radius 2 is 1.52 bits per heavy atom. The average Bonchev–Trinajstić information content (AvgIpc) is 2.74. The van der Waals surface area contributed by atoms with Gasteiger partial charge in [-0.15, -0.1) is 11.6 Å². The van der Waals surface area contributed by atoms with E-state index in [9.17, 15) is 63.6 Å². The summed E-state index contributed by atoms with van der Waals surface area (Å²) in [4.78, 5) is 120. The van der Waals surface area contributed by atoms with Crippen molar-refractivity contribution in [3.8, 4) is 5.75 Å². The van der Waals surface area contributed by atoms with Crippen molar-refractivity contribution in [2.45, 2.75) is 88.2 Å². The van der Waals surface area contributed by atoms with Crippen LogP contribution in [0.5, 0.6) is 5.75 Å². The number of ether oxygens (including phenoxy) is 2. The minimum atomic E-state index is -1.93. The molecule has 8 atom stereocenters. The number of carboxylic acids is 1. The Labute approximate surface area is 473 Å². The maximum absolute atomic E-state index is 14.5. The molecule has 0 saturated carbocycles. The maximum Gasteiger partial charge on any atom is 0.335 e. The standard InChI is InChI=1S/C56H63ClN10O15/c1-28(2)45(60-21-20-59-41(68)10-6-22-66-42(69)17-18-43(66)70)52(76)65-37(9-5-19-61-56(58)80)51(75)62-32-13-11-29(12-14-32)50(74)63-33-15-16-36-30(23-33)24-38(64-36)53(77)67-27-31(26-57)44-35-8-4-3-7-34(35)40(25-39(44)67)81-55-48(73)46(71)47(72)49(82-55)54(78)79/h3-4,7-8,11-18,23-25,28,31,37,45-49,55,60,64,71-73H,5-6,9-10,19-22,26-27H2,1-2H3,(H,59,68)(H,62,75)(H,63,74)(H,65,76)(H,78,79)(H3,58,61,80)/t31-,37+,45+,46+,47?,48?,49+,55?/m1/s1. The van der Waals surface area contributed by atoms with E-state index in [1.165, 1.54) is 41.3 Å². The van der Waals surface area contributed by atoms with Crippen molar-refractivity contribution in [1.82, 2.24) is 31.2 Å². The molecule has 434 valence electrons. The van der Waals surface area contributed by atoms with Crippen molar-refractivity contribution in [3.63, 3.8) is 0 Å². The van der Waals surface area contributed by atoms with Crippen LogP contribution in [0.1, 0.15) is 71.9 Å². The van der Waals surface area contributed by atoms with E-state index in [1.807, 2.05) is 19.9 Å². The molecule has 0 bridgehead atoms. The highest BCUT2D eigenvalue weighted by Crippen LogP contribution is 2.47. The first-order valence-electron chi connectivity index (χ1n) is 26.5. The summed E-state index contributed by atoms with van der Waals surface area (Å²) in [5.74, 6) is -5.04. The zero-order valence-corrected chi connectivity index (χ0v) is 45.3. The number of anilines is 3. The van der Waals surface area contributed by atoms with Crippen molar-refractivity contribution < 1.29 is 73.1 Å². The second-order valence-electron chi connectivity index (χ2n) is 20.3. The molecule has 26 heteroatoms. The van der Waals surface area contributed by atoms with E-state index >= 15 is 0 Å². The van der Waals surface area contributed by atoms with E-state index in [0.29, 0.717) is 38.7 Å². The molecule has 1 saturated heterocycles. The largest absolute Gasteiger partial charge is 0.479 e. The molecule has 82 heavy (non-hydrogen) atoms. The highest BCUT2D eigenvalue weighted by molar-refractivity contribution is 6.19. The number of nitrogens with two attached hydrogens (primary N) is 1. The Balaban J connectivity index is 0.885. The molecule has 4 heterocycles. The van der Waals surface area contributed by atoms with E-state index in [0.717, 1.165) is 10.5 Å². The second-order valence-corrected chi connectivity index (χ2v) is 20.6. The molecule has 3 aliphatic rings. The van der Waals surface area contributed by atoms with Crippen molar-refractivity contribution >= 4 is 104 Å². The lowest BCUT2D eigenvalue weighted by atomic mass is 9.95. The van der Waals surface area contributed by atoms with Gasteiger partial charge in [0.1, 0.15) is 35.8 Å². The summed E-state index contributed by atoms with van der Waals surface area (Å²) in [6.45, 7) is 4.41. The number of amides is 9. The number of halogens is 1. The van der Waals surface area contributed by atoms with Gasteiger partial charge < -0.3 is 77.4 Å². The van der Waals surface area contributed by atoms with Crippen molar-refractivity contribution in [1.29, 1.82) is 0 Å². The number of nitrogens with one attached hydrogen (secondary N) is 7. The number of nitrogens with zero attached hydrogens (tertiary/aromatic N) is 2. The van der Waals surface area contributed by atoms with E-state index in [1.54, 1.807) is 48.5 Å². The van der Waals surface area contributed by atoms with Crippen LogP contribution in [0.2, 0.25) is 0 Å². The summed E-state index contributed by atoms with van der Waals surface area (Å²) < 4.78 is 11.5. The fourth-order valence-electron chi connectivity index (χ4n) is 9.96. The van der Waals surface area contributed by atoms with E-state index in [2.05, 4.69) is 36.9 Å². The number of alkyl halides is 1. The van der Waals surface area contributed by atoms with Crippen LogP contribution in [-0.2, 0) is 33.5 Å². The number of aliphatic hydroxyl groups is 3. The van der Waals surface area contributed by atoms with Gasteiger partial charge in [0.25, 0.3) is 23.6 Å². The van der Waals surface area contributed by atoms with E-state index in [4.69, 9.17) is 26.8 Å². The SMILES string of the molecule is CC(C)[C@H](NCCNC(=O)CCCN1C(=O)C=CC1=O)C(=O)N[C@@H](CCCNC(N)=O)C(=O)Nc1ccc(C(=O)Nc2ccc3[nH]c(C(=O)N4C[C@@H](CCl)c5c4cc(OC4O[C@H](C(=O)O)C(O)[C@H](O)C4O)c4ccccc54)cc3c2)cc1. The Bertz CT molecular complexity index is 3280. The maximum atomic E-state index is 14.5. The number of carbonyl (C=O) groups excluding carboxylic acids is 8. The molecule has 25 nitrogen and oxygen atoms in total. The van der Waals surface area contributed by atoms with Gasteiger partial charge in [-0.2, -0.15) is 0 Å². The predicted octanol–water partition coefficient (Wildman–Crippen LogP) is 2.13. The highest BCUT2D eigenvalue weighted by atomic mass is 35.5. The number of benzene rings is 4. The zero-order valence-electron chi connectivity index (χ0n) is 44.6. The van der Waals surface area contributed by atoms with Crippen LogP contribution in [0.15, 0.2) is 91.0 Å². The van der Waals surface area contributed by atoms with E-state index < -0.39 is 90.2 Å². The van der Waals surface area contributed by atoms with E-state index in [-0.39, 0.29) is 99.0 Å². The van der Waals surface area contributed by atoms with Crippen LogP contribution in [0.3, 0.4) is 0 Å². The van der Waals surface area contributed by atoms with Gasteiger partial charge in [-0.3, -0.25) is 38.5 Å². The molecular formula is C56H63ClN10O15. The number of H-pyrrole nitrogens is 1.